The van der Waals surface area contributed by atoms with Crippen LogP contribution in [0.25, 0.3) is 22.7 Å². The maximum Gasteiger partial charge on any atom is 0.289 e. The van der Waals surface area contributed by atoms with Gasteiger partial charge in [-0.3, -0.25) is 19.2 Å². The van der Waals surface area contributed by atoms with Crippen molar-refractivity contribution >= 4 is 11.8 Å². The average Bonchev–Trinajstić information content (AvgIpc) is 3.70. The lowest BCUT2D eigenvalue weighted by molar-refractivity contribution is -0.121. The molecule has 1 aromatic carbocycles. The van der Waals surface area contributed by atoms with Gasteiger partial charge in [0.1, 0.15) is 5.69 Å². The number of hydrogen-bond donors (Lipinski definition) is 3. The molecule has 0 radical (unpaired) electrons. The van der Waals surface area contributed by atoms with Crippen molar-refractivity contribution in [3.63, 3.8) is 0 Å². The molecule has 4 rings (SSSR count). The van der Waals surface area contributed by atoms with Crippen molar-refractivity contribution in [3.05, 3.63) is 48.0 Å². The summed E-state index contributed by atoms with van der Waals surface area (Å²) in [6.45, 7) is 14.4. The van der Waals surface area contributed by atoms with Crippen LogP contribution >= 0.6 is 0 Å². The fourth-order valence-corrected chi connectivity index (χ4v) is 5.11. The number of carbonyl (C=O) groups is 2. The highest BCUT2D eigenvalue weighted by atomic mass is 16.6. The predicted octanol–water partition coefficient (Wildman–Crippen LogP) is 3.57. The topological polar surface area (TPSA) is 144 Å². The van der Waals surface area contributed by atoms with Gasteiger partial charge >= 0.3 is 0 Å². The number of benzene rings is 1. The first-order valence-electron chi connectivity index (χ1n) is 15.6. The van der Waals surface area contributed by atoms with E-state index in [0.717, 1.165) is 38.0 Å². The van der Waals surface area contributed by atoms with E-state index in [2.05, 4.69) is 34.4 Å². The third-order valence-electron chi connectivity index (χ3n) is 7.86. The molecule has 3 heterocycles. The fourth-order valence-electron chi connectivity index (χ4n) is 5.11. The van der Waals surface area contributed by atoms with Gasteiger partial charge in [-0.15, -0.1) is 0 Å². The van der Waals surface area contributed by atoms with Crippen molar-refractivity contribution in [2.75, 3.05) is 39.5 Å². The molecule has 1 saturated heterocycles. The van der Waals surface area contributed by atoms with Crippen molar-refractivity contribution in [3.8, 4) is 22.7 Å². The molecule has 1 aliphatic heterocycles. The zero-order valence-corrected chi connectivity index (χ0v) is 26.4. The lowest BCUT2D eigenvalue weighted by atomic mass is 10.0. The molecule has 240 valence electrons. The van der Waals surface area contributed by atoms with E-state index in [-0.39, 0.29) is 29.5 Å². The summed E-state index contributed by atoms with van der Waals surface area (Å²) in [5.41, 5.74) is 2.60. The van der Waals surface area contributed by atoms with Crippen LogP contribution in [-0.2, 0) is 16.0 Å². The van der Waals surface area contributed by atoms with Crippen molar-refractivity contribution < 1.29 is 28.6 Å². The number of amides is 2. The number of nitrogens with one attached hydrogen (secondary N) is 2. The number of aromatic nitrogens is 3. The van der Waals surface area contributed by atoms with Crippen LogP contribution in [0.1, 0.15) is 68.5 Å². The second kappa shape index (κ2) is 15.9. The first-order valence-corrected chi connectivity index (χ1v) is 15.6. The summed E-state index contributed by atoms with van der Waals surface area (Å²) in [5, 5.41) is 21.1. The minimum absolute atomic E-state index is 0.0208. The van der Waals surface area contributed by atoms with Crippen LogP contribution in [0.5, 0.6) is 0 Å². The second-order valence-corrected chi connectivity index (χ2v) is 11.3. The first kappa shape index (κ1) is 33.3. The van der Waals surface area contributed by atoms with Crippen LogP contribution in [0, 0.1) is 5.92 Å². The number of hydrogen-bond acceptors (Lipinski definition) is 9. The molecule has 3 aromatic rings. The number of nitrogens with zero attached hydrogens (tertiary/aromatic N) is 4. The van der Waals surface area contributed by atoms with Gasteiger partial charge in [-0.05, 0) is 43.9 Å². The summed E-state index contributed by atoms with van der Waals surface area (Å²) in [6, 6.07) is 8.78. The standard InChI is InChI=1S/C32H46N6O6/c1-6-24(7-2)34-29(39)26-19-25(36-38(26)13-12-37-14-16-42-17-15-37)22-10-9-11-23(18-22)31-33-20-27(44-31)30(40)35-28(21(4)5)32(41)43-8-3/h9-11,18-21,24,28,32,41H,6-8,12-17H2,1-5H3,(H,34,39)(H,35,40)/t28-,32?/m0/s1. The molecule has 12 nitrogen and oxygen atoms in total. The highest BCUT2D eigenvalue weighted by Gasteiger charge is 2.27. The van der Waals surface area contributed by atoms with Crippen molar-refractivity contribution in [2.24, 2.45) is 5.92 Å². The molecule has 2 aromatic heterocycles. The van der Waals surface area contributed by atoms with E-state index in [9.17, 15) is 14.7 Å². The highest BCUT2D eigenvalue weighted by Crippen LogP contribution is 2.27. The molecule has 2 amide bonds. The van der Waals surface area contributed by atoms with Gasteiger partial charge in [0, 0.05) is 43.4 Å². The van der Waals surface area contributed by atoms with Gasteiger partial charge < -0.3 is 29.6 Å². The van der Waals surface area contributed by atoms with Gasteiger partial charge in [0.2, 0.25) is 11.7 Å². The molecule has 0 aliphatic carbocycles. The maximum atomic E-state index is 13.3. The fraction of sp³-hybridized carbons (Fsp3) is 0.562. The van der Waals surface area contributed by atoms with E-state index >= 15 is 0 Å². The molecule has 2 atom stereocenters. The van der Waals surface area contributed by atoms with Gasteiger partial charge in [-0.25, -0.2) is 4.98 Å². The Morgan fingerprint density at radius 2 is 1.75 bits per heavy atom. The SMILES string of the molecule is CCOC(O)[C@@H](NC(=O)c1cnc(-c2cccc(-c3cc(C(=O)NC(CC)CC)n(CCN4CCOCC4)n3)c2)o1)C(C)C. The summed E-state index contributed by atoms with van der Waals surface area (Å²) < 4.78 is 18.4. The van der Waals surface area contributed by atoms with E-state index in [1.54, 1.807) is 11.6 Å². The van der Waals surface area contributed by atoms with Gasteiger partial charge in [0.05, 0.1) is 37.7 Å². The summed E-state index contributed by atoms with van der Waals surface area (Å²) in [5.74, 6) is -0.429. The highest BCUT2D eigenvalue weighted by molar-refractivity contribution is 5.94. The van der Waals surface area contributed by atoms with Gasteiger partial charge in [0.15, 0.2) is 6.29 Å². The Morgan fingerprint density at radius 3 is 2.43 bits per heavy atom. The number of oxazole rings is 1. The second-order valence-electron chi connectivity index (χ2n) is 11.3. The Hall–Kier alpha value is -3.58. The summed E-state index contributed by atoms with van der Waals surface area (Å²) in [7, 11) is 0. The summed E-state index contributed by atoms with van der Waals surface area (Å²) in [4.78, 5) is 32.9. The number of ether oxygens (including phenoxy) is 2. The Labute approximate surface area is 259 Å². The molecular formula is C32H46N6O6. The van der Waals surface area contributed by atoms with Crippen LogP contribution in [0.4, 0.5) is 0 Å². The van der Waals surface area contributed by atoms with Crippen LogP contribution < -0.4 is 10.6 Å². The minimum atomic E-state index is -1.14. The Kier molecular flexibility index (Phi) is 12.1. The third-order valence-corrected chi connectivity index (χ3v) is 7.86. The molecule has 0 bridgehead atoms. The van der Waals surface area contributed by atoms with Crippen molar-refractivity contribution in [2.45, 2.75) is 72.4 Å². The number of morpholine rings is 1. The molecule has 1 unspecified atom stereocenters. The van der Waals surface area contributed by atoms with E-state index < -0.39 is 18.2 Å². The smallest absolute Gasteiger partial charge is 0.289 e. The number of rotatable bonds is 15. The Balaban J connectivity index is 1.55. The normalized spacial score (nSPS) is 15.5. The van der Waals surface area contributed by atoms with Gasteiger partial charge in [-0.2, -0.15) is 5.10 Å². The average molecular weight is 611 g/mol. The molecule has 1 fully saturated rings. The van der Waals surface area contributed by atoms with E-state index in [0.29, 0.717) is 43.3 Å². The molecule has 0 spiro atoms. The van der Waals surface area contributed by atoms with Crippen LogP contribution in [-0.4, -0.2) is 94.4 Å². The number of carbonyl (C=O) groups excluding carboxylic acids is 2. The number of aliphatic hydroxyl groups is 1. The zero-order chi connectivity index (χ0) is 31.6. The van der Waals surface area contributed by atoms with E-state index in [1.165, 1.54) is 6.20 Å². The molecule has 44 heavy (non-hydrogen) atoms. The van der Waals surface area contributed by atoms with Crippen LogP contribution in [0.2, 0.25) is 0 Å². The molecule has 12 heteroatoms. The number of aliphatic hydroxyl groups excluding tert-OH is 1. The molecular weight excluding hydrogens is 564 g/mol. The zero-order valence-electron chi connectivity index (χ0n) is 26.4. The van der Waals surface area contributed by atoms with Crippen LogP contribution in [0.3, 0.4) is 0 Å². The van der Waals surface area contributed by atoms with Crippen molar-refractivity contribution in [1.29, 1.82) is 0 Å². The minimum Gasteiger partial charge on any atom is -0.431 e. The lowest BCUT2D eigenvalue weighted by Gasteiger charge is -2.26. The molecule has 3 N–H and O–H groups in total. The maximum absolute atomic E-state index is 13.3. The summed E-state index contributed by atoms with van der Waals surface area (Å²) >= 11 is 0. The van der Waals surface area contributed by atoms with Gasteiger partial charge in [0.25, 0.3) is 11.8 Å². The van der Waals surface area contributed by atoms with E-state index in [4.69, 9.17) is 19.0 Å². The Morgan fingerprint density at radius 1 is 1.02 bits per heavy atom. The largest absolute Gasteiger partial charge is 0.431 e. The van der Waals surface area contributed by atoms with Crippen molar-refractivity contribution in [1.82, 2.24) is 30.3 Å². The first-order chi connectivity index (χ1) is 21.2. The Bertz CT molecular complexity index is 1360. The third kappa shape index (κ3) is 8.53. The summed E-state index contributed by atoms with van der Waals surface area (Å²) in [6.07, 6.45) is 1.92. The van der Waals surface area contributed by atoms with Gasteiger partial charge in [-0.1, -0.05) is 39.8 Å². The molecule has 0 saturated carbocycles. The van der Waals surface area contributed by atoms with Crippen LogP contribution in [0.15, 0.2) is 40.9 Å². The van der Waals surface area contributed by atoms with E-state index in [1.807, 2.05) is 44.2 Å². The quantitative estimate of drug-likeness (QED) is 0.220. The molecule has 1 aliphatic rings. The monoisotopic (exact) mass is 610 g/mol. The predicted molar refractivity (Wildman–Crippen MR) is 166 cm³/mol. The lowest BCUT2D eigenvalue weighted by Crippen LogP contribution is -2.47.